The normalized spacial score (nSPS) is 19.7. The van der Waals surface area contributed by atoms with Gasteiger partial charge in [0, 0.05) is 37.9 Å². The van der Waals surface area contributed by atoms with Gasteiger partial charge in [0.1, 0.15) is 19.1 Å². The minimum atomic E-state index is -0.727. The van der Waals surface area contributed by atoms with Gasteiger partial charge in [0.05, 0.1) is 17.7 Å². The molecule has 0 amide bonds. The molecule has 4 rings (SSSR count). The van der Waals surface area contributed by atoms with E-state index < -0.39 is 4.86 Å². The lowest BCUT2D eigenvalue weighted by molar-refractivity contribution is -0.842. The molecule has 2 aromatic rings. The lowest BCUT2D eigenvalue weighted by Crippen LogP contribution is -2.53. The first-order chi connectivity index (χ1) is 15.5. The summed E-state index contributed by atoms with van der Waals surface area (Å²) in [5, 5.41) is 32.4. The minimum absolute atomic E-state index is 0.155. The number of anilines is 4. The fourth-order valence-corrected chi connectivity index (χ4v) is 4.14. The number of hydrogen-bond acceptors (Lipinski definition) is 10. The van der Waals surface area contributed by atoms with E-state index in [4.69, 9.17) is 0 Å². The Balaban J connectivity index is 1.21. The molecule has 1 aromatic carbocycles. The quantitative estimate of drug-likeness (QED) is 0.165. The summed E-state index contributed by atoms with van der Waals surface area (Å²) in [6.45, 7) is 4.45. The van der Waals surface area contributed by atoms with Crippen LogP contribution in [-0.2, 0) is 0 Å². The van der Waals surface area contributed by atoms with Crippen LogP contribution < -0.4 is 26.0 Å². The standard InChI is InChI=1S/C20H29N9O3/c1-29(32)25-20-19(14-22-15-24-20)27(29)12-4-7-21-8-9-23-16-5-6-17(28(30)31)18(13-16)26-10-2-3-11-26/h5-6,13-15,21,23H,2-4,7-12H2,1H3,(H,22,24,25). The molecule has 172 valence electrons. The minimum Gasteiger partial charge on any atom is -0.581 e. The van der Waals surface area contributed by atoms with Crippen LogP contribution in [0.15, 0.2) is 30.7 Å². The molecule has 12 heteroatoms. The van der Waals surface area contributed by atoms with Gasteiger partial charge in [-0.05, 0) is 37.9 Å². The molecule has 1 aromatic heterocycles. The molecule has 32 heavy (non-hydrogen) atoms. The summed E-state index contributed by atoms with van der Waals surface area (Å²) >= 11 is 0. The van der Waals surface area contributed by atoms with Crippen LogP contribution in [0.1, 0.15) is 19.3 Å². The summed E-state index contributed by atoms with van der Waals surface area (Å²) in [6, 6.07) is 5.20. The molecule has 0 aliphatic carbocycles. The summed E-state index contributed by atoms with van der Waals surface area (Å²) in [6.07, 6.45) is 5.98. The molecule has 12 nitrogen and oxygen atoms in total. The number of nitro benzene ring substituents is 1. The van der Waals surface area contributed by atoms with Gasteiger partial charge in [-0.1, -0.05) is 0 Å². The second-order valence-corrected chi connectivity index (χ2v) is 8.06. The Labute approximate surface area is 186 Å². The fraction of sp³-hybridized carbons (Fsp3) is 0.500. The zero-order valence-electron chi connectivity index (χ0n) is 18.2. The Morgan fingerprint density at radius 1 is 1.22 bits per heavy atom. The summed E-state index contributed by atoms with van der Waals surface area (Å²) < 4.78 is 0. The number of nitro groups is 1. The van der Waals surface area contributed by atoms with Crippen molar-refractivity contribution in [3.8, 4) is 0 Å². The predicted octanol–water partition coefficient (Wildman–Crippen LogP) is 2.08. The van der Waals surface area contributed by atoms with Gasteiger partial charge in [-0.15, -0.1) is 0 Å². The zero-order valence-corrected chi connectivity index (χ0v) is 18.2. The van der Waals surface area contributed by atoms with E-state index in [0.29, 0.717) is 30.3 Å². The molecule has 1 unspecified atom stereocenters. The van der Waals surface area contributed by atoms with E-state index in [1.165, 1.54) is 13.4 Å². The van der Waals surface area contributed by atoms with Gasteiger partial charge in [0.2, 0.25) is 5.82 Å². The summed E-state index contributed by atoms with van der Waals surface area (Å²) in [5.74, 6) is 0.547. The number of quaternary nitrogens is 1. The third kappa shape index (κ3) is 4.82. The lowest BCUT2D eigenvalue weighted by atomic mass is 10.2. The van der Waals surface area contributed by atoms with E-state index in [9.17, 15) is 15.3 Å². The van der Waals surface area contributed by atoms with Crippen molar-refractivity contribution in [2.75, 3.05) is 67.0 Å². The highest BCUT2D eigenvalue weighted by Gasteiger charge is 2.34. The second-order valence-electron chi connectivity index (χ2n) is 8.06. The van der Waals surface area contributed by atoms with Gasteiger partial charge in [-0.2, -0.15) is 15.3 Å². The molecule has 2 aliphatic heterocycles. The average molecular weight is 444 g/mol. The number of nitrogens with one attached hydrogen (secondary N) is 3. The van der Waals surface area contributed by atoms with Crippen LogP contribution in [0.2, 0.25) is 0 Å². The van der Waals surface area contributed by atoms with E-state index >= 15 is 0 Å². The van der Waals surface area contributed by atoms with E-state index in [-0.39, 0.29) is 10.6 Å². The van der Waals surface area contributed by atoms with Gasteiger partial charge in [0.15, 0.2) is 5.69 Å². The Hall–Kier alpha value is -3.22. The Morgan fingerprint density at radius 2 is 2.03 bits per heavy atom. The summed E-state index contributed by atoms with van der Waals surface area (Å²) in [7, 11) is 1.53. The highest BCUT2D eigenvalue weighted by molar-refractivity contribution is 5.70. The fourth-order valence-electron chi connectivity index (χ4n) is 4.14. The van der Waals surface area contributed by atoms with Gasteiger partial charge < -0.3 is 20.7 Å². The number of hydrogen-bond donors (Lipinski definition) is 3. The maximum atomic E-state index is 12.6. The van der Waals surface area contributed by atoms with Crippen molar-refractivity contribution in [3.63, 3.8) is 0 Å². The third-order valence-corrected chi connectivity index (χ3v) is 5.72. The number of aromatic nitrogens is 2. The SMILES string of the molecule is C[N+]1([O-])Nc2ncncc2N1CCCNCCNc1ccc([N+](=O)[O-])c(N2CCCC2)c1. The number of rotatable bonds is 10. The van der Waals surface area contributed by atoms with Crippen molar-refractivity contribution >= 4 is 28.6 Å². The number of benzene rings is 1. The van der Waals surface area contributed by atoms with Crippen molar-refractivity contribution in [2.24, 2.45) is 0 Å². The van der Waals surface area contributed by atoms with Crippen LogP contribution in [-0.4, -0.2) is 66.1 Å². The van der Waals surface area contributed by atoms with E-state index in [1.807, 2.05) is 6.07 Å². The topological polar surface area (TPSA) is 135 Å². The Morgan fingerprint density at radius 3 is 2.81 bits per heavy atom. The molecule has 3 heterocycles. The van der Waals surface area contributed by atoms with Crippen molar-refractivity contribution in [3.05, 3.63) is 46.0 Å². The summed E-state index contributed by atoms with van der Waals surface area (Å²) in [4.78, 5) is 20.5. The Kier molecular flexibility index (Phi) is 6.53. The molecule has 0 spiro atoms. The van der Waals surface area contributed by atoms with Crippen LogP contribution in [0.25, 0.3) is 0 Å². The largest absolute Gasteiger partial charge is 0.581 e. The molecule has 1 saturated heterocycles. The average Bonchev–Trinajstić information content (AvgIpc) is 3.38. The molecule has 0 radical (unpaired) electrons. The van der Waals surface area contributed by atoms with Crippen LogP contribution in [0.4, 0.5) is 28.6 Å². The number of fused-ring (bicyclic) bond motifs is 1. The van der Waals surface area contributed by atoms with E-state index in [0.717, 1.165) is 51.1 Å². The number of nitrogens with zero attached hydrogens (tertiary/aromatic N) is 6. The van der Waals surface area contributed by atoms with Crippen LogP contribution in [0, 0.1) is 15.3 Å². The molecular weight excluding hydrogens is 414 g/mol. The highest BCUT2D eigenvalue weighted by Crippen LogP contribution is 2.34. The molecule has 2 aliphatic rings. The second kappa shape index (κ2) is 9.51. The molecule has 3 N–H and O–H groups in total. The smallest absolute Gasteiger partial charge is 0.292 e. The van der Waals surface area contributed by atoms with E-state index in [1.54, 1.807) is 23.3 Å². The van der Waals surface area contributed by atoms with Crippen molar-refractivity contribution in [1.82, 2.24) is 15.3 Å². The van der Waals surface area contributed by atoms with Crippen molar-refractivity contribution < 1.29 is 9.79 Å². The van der Waals surface area contributed by atoms with Gasteiger partial charge in [-0.25, -0.2) is 9.97 Å². The third-order valence-electron chi connectivity index (χ3n) is 5.72. The highest BCUT2D eigenvalue weighted by atomic mass is 16.7. The predicted molar refractivity (Wildman–Crippen MR) is 123 cm³/mol. The maximum absolute atomic E-state index is 12.6. The van der Waals surface area contributed by atoms with Gasteiger partial charge in [0.25, 0.3) is 5.69 Å². The lowest BCUT2D eigenvalue weighted by Gasteiger charge is -2.39. The Bertz CT molecular complexity index is 950. The van der Waals surface area contributed by atoms with Crippen LogP contribution >= 0.6 is 0 Å². The zero-order chi connectivity index (χ0) is 22.6. The van der Waals surface area contributed by atoms with Crippen LogP contribution in [0.3, 0.4) is 0 Å². The summed E-state index contributed by atoms with van der Waals surface area (Å²) in [5.41, 5.74) is 5.24. The van der Waals surface area contributed by atoms with Gasteiger partial charge in [-0.3, -0.25) is 10.1 Å². The molecular formula is C20H29N9O3. The molecule has 0 saturated carbocycles. The van der Waals surface area contributed by atoms with Crippen molar-refractivity contribution in [1.29, 1.82) is 0 Å². The van der Waals surface area contributed by atoms with Crippen LogP contribution in [0.5, 0.6) is 0 Å². The first-order valence-electron chi connectivity index (χ1n) is 10.9. The van der Waals surface area contributed by atoms with Crippen molar-refractivity contribution in [2.45, 2.75) is 19.3 Å². The maximum Gasteiger partial charge on any atom is 0.292 e. The first-order valence-corrected chi connectivity index (χ1v) is 10.9. The van der Waals surface area contributed by atoms with E-state index in [2.05, 4.69) is 30.9 Å². The monoisotopic (exact) mass is 443 g/mol. The molecule has 1 atom stereocenters. The first kappa shape index (κ1) is 22.0. The molecule has 0 bridgehead atoms. The van der Waals surface area contributed by atoms with Gasteiger partial charge >= 0.3 is 0 Å². The molecule has 1 fully saturated rings. The number of hydroxylamine groups is 1.